The van der Waals surface area contributed by atoms with Crippen molar-refractivity contribution in [2.24, 2.45) is 0 Å². The van der Waals surface area contributed by atoms with Crippen molar-refractivity contribution in [3.05, 3.63) is 29.3 Å². The Morgan fingerprint density at radius 3 is 1.70 bits per heavy atom. The number of hydrogen-bond acceptors (Lipinski definition) is 4. The minimum atomic E-state index is -3.36. The van der Waals surface area contributed by atoms with E-state index in [2.05, 4.69) is 26.0 Å². The van der Waals surface area contributed by atoms with Crippen molar-refractivity contribution in [2.45, 2.75) is 117 Å². The number of rotatable bonds is 18. The van der Waals surface area contributed by atoms with Crippen molar-refractivity contribution in [1.29, 1.82) is 0 Å². The van der Waals surface area contributed by atoms with Gasteiger partial charge in [0.25, 0.3) is 0 Å². The molecule has 0 fully saturated rings. The van der Waals surface area contributed by atoms with Gasteiger partial charge in [-0.05, 0) is 42.9 Å². The number of benzene rings is 1. The van der Waals surface area contributed by atoms with E-state index in [0.29, 0.717) is 5.75 Å². The average molecular weight is 522 g/mol. The first kappa shape index (κ1) is 30.7. The molecule has 0 amide bonds. The summed E-state index contributed by atoms with van der Waals surface area (Å²) >= 11 is 9.66. The first-order valence-electron chi connectivity index (χ1n) is 11.8. The molecule has 0 aromatic heterocycles. The van der Waals surface area contributed by atoms with Gasteiger partial charge in [-0.1, -0.05) is 103 Å². The Bertz CT molecular complexity index is 538. The van der Waals surface area contributed by atoms with Crippen molar-refractivity contribution in [2.75, 3.05) is 0 Å². The Labute approximate surface area is 210 Å². The summed E-state index contributed by atoms with van der Waals surface area (Å²) in [6.45, 7) is 4.51. The molecule has 0 bridgehead atoms. The molecule has 2 nitrogen and oxygen atoms in total. The molecule has 30 heavy (non-hydrogen) atoms. The van der Waals surface area contributed by atoms with Crippen LogP contribution in [-0.2, 0) is 56.8 Å². The summed E-state index contributed by atoms with van der Waals surface area (Å²) in [5.74, 6) is 0.632. The molecule has 168 valence electrons. The third kappa shape index (κ3) is 16.4. The van der Waals surface area contributed by atoms with Crippen molar-refractivity contribution in [1.82, 2.24) is 0 Å². The molecule has 6 heteroatoms. The Kier molecular flexibility index (Phi) is 19.7. The van der Waals surface area contributed by atoms with E-state index in [-0.39, 0.29) is 19.5 Å². The molecule has 0 N–H and O–H groups in total. The van der Waals surface area contributed by atoms with Gasteiger partial charge in [-0.2, -0.15) is 0 Å². The van der Waals surface area contributed by atoms with Gasteiger partial charge >= 0.3 is 19.5 Å². The van der Waals surface area contributed by atoms with Crippen molar-refractivity contribution in [3.63, 3.8) is 0 Å². The van der Waals surface area contributed by atoms with E-state index < -0.39 is 6.12 Å². The molecule has 0 heterocycles. The normalized spacial score (nSPS) is 11.4. The second kappa shape index (κ2) is 19.2. The smallest absolute Gasteiger partial charge is 0.682 e. The van der Waals surface area contributed by atoms with Crippen molar-refractivity contribution in [3.8, 4) is 5.75 Å². The monoisotopic (exact) mass is 520 g/mol. The van der Waals surface area contributed by atoms with E-state index in [1.54, 1.807) is 0 Å². The summed E-state index contributed by atoms with van der Waals surface area (Å²) in [7, 11) is 0. The summed E-state index contributed by atoms with van der Waals surface area (Å²) in [4.78, 5) is 11.8. The van der Waals surface area contributed by atoms with Gasteiger partial charge in [-0.15, -0.1) is 6.12 Å². The summed E-state index contributed by atoms with van der Waals surface area (Å²) < 4.78 is 5.46. The molecule has 1 aromatic rings. The molecule has 0 saturated carbocycles. The molecule has 1 aromatic carbocycles. The van der Waals surface area contributed by atoms with Crippen molar-refractivity contribution >= 4 is 30.6 Å². The minimum Gasteiger partial charge on any atom is -0.682 e. The number of unbranched alkanes of at least 4 members (excludes halogenated alkanes) is 12. The molecule has 0 atom stereocenters. The fourth-order valence-electron chi connectivity index (χ4n) is 3.75. The Morgan fingerprint density at radius 2 is 1.20 bits per heavy atom. The second-order valence-corrected chi connectivity index (χ2v) is 12.9. The largest absolute Gasteiger partial charge is 2.00 e. The van der Waals surface area contributed by atoms with Crippen molar-refractivity contribution < 1.29 is 28.9 Å². The number of aryl methyl sites for hydroxylation is 2. The van der Waals surface area contributed by atoms with Gasteiger partial charge < -0.3 is 33.9 Å². The Hall–Kier alpha value is 0.733. The van der Waals surface area contributed by atoms with Gasteiger partial charge in [0.05, 0.1) is 0 Å². The summed E-state index contributed by atoms with van der Waals surface area (Å²) in [6.07, 6.45) is 16.9. The Morgan fingerprint density at radius 1 is 0.733 bits per heavy atom. The third-order valence-corrected chi connectivity index (χ3v) is 6.32. The molecule has 0 aliphatic rings. The van der Waals surface area contributed by atoms with E-state index in [1.165, 1.54) is 89.0 Å². The van der Waals surface area contributed by atoms with Crippen LogP contribution < -0.4 is 9.42 Å². The van der Waals surface area contributed by atoms with E-state index in [9.17, 15) is 4.89 Å². The van der Waals surface area contributed by atoms with Crippen LogP contribution in [0, 0.1) is 0 Å². The van der Waals surface area contributed by atoms with Crippen LogP contribution in [0.15, 0.2) is 18.2 Å². The van der Waals surface area contributed by atoms with Gasteiger partial charge in [-0.3, -0.25) is 0 Å². The zero-order chi connectivity index (χ0) is 21.4. The molecule has 0 saturated heterocycles. The molecule has 0 aliphatic heterocycles. The van der Waals surface area contributed by atoms with Gasteiger partial charge in [0.1, 0.15) is 0 Å². The van der Waals surface area contributed by atoms with Crippen LogP contribution in [0.4, 0.5) is 0 Å². The molecule has 0 radical (unpaired) electrons. The topological polar surface area (TPSA) is 32.3 Å². The van der Waals surface area contributed by atoms with E-state index in [0.717, 1.165) is 24.8 Å². The number of hydrogen-bond donors (Lipinski definition) is 0. The first-order valence-corrected chi connectivity index (χ1v) is 15.4. The molecule has 1 rings (SSSR count). The van der Waals surface area contributed by atoms with Gasteiger partial charge in [0.15, 0.2) is 5.75 Å². The SMILES string of the molecule is CCCCCCCCCc1ccc(O[P+]([O-])([S-])[S-])c(CCCCCCCCC)c1.[Zn+2]. The van der Waals surface area contributed by atoms with Gasteiger partial charge in [0.2, 0.25) is 0 Å². The van der Waals surface area contributed by atoms with E-state index >= 15 is 0 Å². The van der Waals surface area contributed by atoms with Crippen LogP contribution in [0.1, 0.15) is 115 Å². The maximum absolute atomic E-state index is 11.8. The molecular formula is C24H41O2PS2Zn. The van der Waals surface area contributed by atoms with Crippen LogP contribution in [0.2, 0.25) is 0 Å². The fraction of sp³-hybridized carbons (Fsp3) is 0.750. The van der Waals surface area contributed by atoms with E-state index in [4.69, 9.17) is 29.0 Å². The predicted octanol–water partition coefficient (Wildman–Crippen LogP) is 7.78. The van der Waals surface area contributed by atoms with Crippen LogP contribution >= 0.6 is 6.12 Å². The molecule has 0 spiro atoms. The van der Waals surface area contributed by atoms with Gasteiger partial charge in [-0.25, -0.2) is 0 Å². The molecular weight excluding hydrogens is 481 g/mol. The Balaban J connectivity index is 0.00000841. The zero-order valence-corrected chi connectivity index (χ0v) is 24.8. The first-order chi connectivity index (χ1) is 14.0. The summed E-state index contributed by atoms with van der Waals surface area (Å²) in [5.41, 5.74) is 2.46. The maximum atomic E-state index is 11.8. The minimum absolute atomic E-state index is 0. The summed E-state index contributed by atoms with van der Waals surface area (Å²) in [6, 6.07) is 6.24. The standard InChI is InChI=1S/C24H43O2PS2.Zn/c1-3-5-7-9-11-13-15-17-22-19-20-24(26-27(25,28)29)23(21-22)18-16-14-12-10-8-6-4-2;/h19-21H,3-18H2,1-2H3,(H2,25,28,29);/q;+2/p-2. The third-order valence-electron chi connectivity index (χ3n) is 5.45. The quantitative estimate of drug-likeness (QED) is 0.0854. The van der Waals surface area contributed by atoms with Crippen LogP contribution in [0.25, 0.3) is 0 Å². The van der Waals surface area contributed by atoms with Crippen LogP contribution in [0.3, 0.4) is 0 Å². The van der Waals surface area contributed by atoms with Crippen LogP contribution in [0.5, 0.6) is 5.75 Å². The average Bonchev–Trinajstić information content (AvgIpc) is 2.67. The van der Waals surface area contributed by atoms with Crippen LogP contribution in [-0.4, -0.2) is 0 Å². The fourth-order valence-corrected chi connectivity index (χ4v) is 4.65. The predicted molar refractivity (Wildman–Crippen MR) is 132 cm³/mol. The second-order valence-electron chi connectivity index (χ2n) is 8.22. The molecule has 0 unspecified atom stereocenters. The summed E-state index contributed by atoms with van der Waals surface area (Å²) in [5, 5.41) is 0. The zero-order valence-electron chi connectivity index (χ0n) is 19.3. The van der Waals surface area contributed by atoms with Gasteiger partial charge in [0, 0.05) is 0 Å². The molecule has 0 aliphatic carbocycles. The maximum Gasteiger partial charge on any atom is 2.00 e. The van der Waals surface area contributed by atoms with E-state index in [1.807, 2.05) is 6.07 Å².